The highest BCUT2D eigenvalue weighted by molar-refractivity contribution is 5.94. The van der Waals surface area contributed by atoms with E-state index >= 15 is 0 Å². The van der Waals surface area contributed by atoms with E-state index in [1.165, 1.54) is 0 Å². The highest BCUT2D eigenvalue weighted by Gasteiger charge is 2.15. The van der Waals surface area contributed by atoms with Crippen LogP contribution in [0.25, 0.3) is 0 Å². The van der Waals surface area contributed by atoms with Gasteiger partial charge in [0.2, 0.25) is 0 Å². The summed E-state index contributed by atoms with van der Waals surface area (Å²) in [5.74, 6) is 0.910. The molecule has 0 saturated carbocycles. The van der Waals surface area contributed by atoms with Crippen LogP contribution in [0, 0.1) is 0 Å². The molecule has 0 bridgehead atoms. The molecule has 0 radical (unpaired) electrons. The number of hydrogen-bond acceptors (Lipinski definition) is 5. The van der Waals surface area contributed by atoms with Gasteiger partial charge in [0.05, 0.1) is 5.56 Å². The highest BCUT2D eigenvalue weighted by atomic mass is 16.1. The first-order valence-corrected chi connectivity index (χ1v) is 8.54. The lowest BCUT2D eigenvalue weighted by molar-refractivity contribution is 0.0948. The fraction of sp³-hybridized carbons (Fsp3) is 0.647. The molecule has 1 amide bonds. The number of carbonyl (C=O) groups excluding carboxylic acids is 1. The smallest absolute Gasteiger partial charge is 0.252 e. The summed E-state index contributed by atoms with van der Waals surface area (Å²) in [7, 11) is 2.14. The van der Waals surface area contributed by atoms with Gasteiger partial charge in [-0.15, -0.1) is 0 Å². The molecule has 1 aromatic rings. The van der Waals surface area contributed by atoms with Crippen molar-refractivity contribution in [2.75, 3.05) is 64.3 Å². The molecule has 128 valence electrons. The average molecular weight is 319 g/mol. The zero-order valence-corrected chi connectivity index (χ0v) is 14.6. The van der Waals surface area contributed by atoms with Crippen molar-refractivity contribution < 1.29 is 4.79 Å². The van der Waals surface area contributed by atoms with Crippen molar-refractivity contribution in [1.82, 2.24) is 20.1 Å². The zero-order chi connectivity index (χ0) is 16.7. The molecule has 6 nitrogen and oxygen atoms in total. The van der Waals surface area contributed by atoms with Gasteiger partial charge in [-0.05, 0) is 32.3 Å². The van der Waals surface area contributed by atoms with Crippen LogP contribution in [0.2, 0.25) is 0 Å². The van der Waals surface area contributed by atoms with Crippen LogP contribution in [0.5, 0.6) is 0 Å². The molecule has 0 aromatic carbocycles. The molecule has 2 rings (SSSR count). The van der Waals surface area contributed by atoms with Gasteiger partial charge in [-0.3, -0.25) is 4.79 Å². The average Bonchev–Trinajstić information content (AvgIpc) is 2.59. The molecular formula is C17H29N5O. The van der Waals surface area contributed by atoms with E-state index in [-0.39, 0.29) is 5.91 Å². The molecule has 1 aliphatic heterocycles. The van der Waals surface area contributed by atoms with Crippen LogP contribution in [-0.2, 0) is 0 Å². The van der Waals surface area contributed by atoms with Crippen LogP contribution in [-0.4, -0.2) is 80.1 Å². The van der Waals surface area contributed by atoms with E-state index in [0.717, 1.165) is 51.6 Å². The summed E-state index contributed by atoms with van der Waals surface area (Å²) in [6.07, 6.45) is 1.68. The van der Waals surface area contributed by atoms with Crippen LogP contribution in [0.4, 0.5) is 5.82 Å². The summed E-state index contributed by atoms with van der Waals surface area (Å²) in [6, 6.07) is 3.82. The first-order chi connectivity index (χ1) is 11.1. The summed E-state index contributed by atoms with van der Waals surface area (Å²) in [4.78, 5) is 23.5. The number of likely N-dealkylation sites (N-methyl/N-ethyl adjacent to an activating group) is 2. The minimum atomic E-state index is -0.0467. The number of piperazine rings is 1. The van der Waals surface area contributed by atoms with Gasteiger partial charge in [0.25, 0.3) is 5.91 Å². The third kappa shape index (κ3) is 5.18. The number of nitrogens with one attached hydrogen (secondary N) is 1. The van der Waals surface area contributed by atoms with Crippen LogP contribution in [0.1, 0.15) is 24.2 Å². The fourth-order valence-electron chi connectivity index (χ4n) is 2.71. The number of amides is 1. The molecule has 1 N–H and O–H groups in total. The summed E-state index contributed by atoms with van der Waals surface area (Å²) >= 11 is 0. The van der Waals surface area contributed by atoms with Gasteiger partial charge < -0.3 is 20.0 Å². The maximum absolute atomic E-state index is 12.1. The Hall–Kier alpha value is -1.66. The Morgan fingerprint density at radius 2 is 1.91 bits per heavy atom. The summed E-state index contributed by atoms with van der Waals surface area (Å²) in [5.41, 5.74) is 0.627. The minimum Gasteiger partial charge on any atom is -0.354 e. The van der Waals surface area contributed by atoms with Crippen LogP contribution < -0.4 is 10.2 Å². The van der Waals surface area contributed by atoms with E-state index in [2.05, 4.69) is 45.9 Å². The second-order valence-electron chi connectivity index (χ2n) is 5.98. The molecule has 0 aliphatic carbocycles. The molecule has 1 saturated heterocycles. The number of anilines is 1. The Morgan fingerprint density at radius 3 is 2.48 bits per heavy atom. The van der Waals surface area contributed by atoms with Gasteiger partial charge in [-0.1, -0.05) is 13.8 Å². The maximum atomic E-state index is 12.1. The summed E-state index contributed by atoms with van der Waals surface area (Å²) in [6.45, 7) is 11.9. The second kappa shape index (κ2) is 8.84. The molecule has 1 aromatic heterocycles. The first-order valence-electron chi connectivity index (χ1n) is 8.54. The van der Waals surface area contributed by atoms with Crippen molar-refractivity contribution in [2.45, 2.75) is 13.8 Å². The van der Waals surface area contributed by atoms with E-state index in [9.17, 15) is 4.79 Å². The fourth-order valence-corrected chi connectivity index (χ4v) is 2.71. The van der Waals surface area contributed by atoms with Crippen molar-refractivity contribution in [1.29, 1.82) is 0 Å². The maximum Gasteiger partial charge on any atom is 0.252 e. The Labute approximate surface area is 139 Å². The Morgan fingerprint density at radius 1 is 1.22 bits per heavy atom. The molecule has 0 atom stereocenters. The minimum absolute atomic E-state index is 0.0467. The number of aromatic nitrogens is 1. The van der Waals surface area contributed by atoms with E-state index in [1.807, 2.05) is 12.1 Å². The second-order valence-corrected chi connectivity index (χ2v) is 5.98. The SMILES string of the molecule is CCN(CC)CCNC(=O)c1ccc(N2CCN(C)CC2)nc1. The lowest BCUT2D eigenvalue weighted by atomic mass is 10.2. The molecule has 2 heterocycles. The molecule has 0 unspecified atom stereocenters. The lowest BCUT2D eigenvalue weighted by Gasteiger charge is -2.33. The van der Waals surface area contributed by atoms with Crippen molar-refractivity contribution in [3.05, 3.63) is 23.9 Å². The Kier molecular flexibility index (Phi) is 6.80. The van der Waals surface area contributed by atoms with Gasteiger partial charge in [0.1, 0.15) is 5.82 Å². The summed E-state index contributed by atoms with van der Waals surface area (Å²) in [5, 5.41) is 2.96. The predicted molar refractivity (Wildman–Crippen MR) is 94.1 cm³/mol. The molecule has 0 spiro atoms. The number of carbonyl (C=O) groups is 1. The van der Waals surface area contributed by atoms with E-state index in [1.54, 1.807) is 6.20 Å². The van der Waals surface area contributed by atoms with Gasteiger partial charge in [0, 0.05) is 45.5 Å². The van der Waals surface area contributed by atoms with Crippen molar-refractivity contribution in [2.24, 2.45) is 0 Å². The van der Waals surface area contributed by atoms with Crippen LogP contribution >= 0.6 is 0 Å². The van der Waals surface area contributed by atoms with Gasteiger partial charge in [-0.25, -0.2) is 4.98 Å². The third-order valence-electron chi connectivity index (χ3n) is 4.45. The topological polar surface area (TPSA) is 51.7 Å². The molecule has 1 aliphatic rings. The lowest BCUT2D eigenvalue weighted by Crippen LogP contribution is -2.44. The van der Waals surface area contributed by atoms with Crippen LogP contribution in [0.15, 0.2) is 18.3 Å². The standard InChI is InChI=1S/C17H29N5O/c1-4-21(5-2)9-8-18-17(23)15-6-7-16(19-14-15)22-12-10-20(3)11-13-22/h6-7,14H,4-5,8-13H2,1-3H3,(H,18,23). The molecule has 6 heteroatoms. The van der Waals surface area contributed by atoms with E-state index < -0.39 is 0 Å². The molecule has 23 heavy (non-hydrogen) atoms. The normalized spacial score (nSPS) is 15.9. The van der Waals surface area contributed by atoms with Crippen molar-refractivity contribution in [3.63, 3.8) is 0 Å². The highest BCUT2D eigenvalue weighted by Crippen LogP contribution is 2.13. The number of nitrogens with zero attached hydrogens (tertiary/aromatic N) is 4. The van der Waals surface area contributed by atoms with Gasteiger partial charge in [0.15, 0.2) is 0 Å². The number of rotatable bonds is 7. The predicted octanol–water partition coefficient (Wildman–Crippen LogP) is 0.905. The van der Waals surface area contributed by atoms with E-state index in [4.69, 9.17) is 0 Å². The first kappa shape index (κ1) is 17.7. The van der Waals surface area contributed by atoms with Gasteiger partial charge in [-0.2, -0.15) is 0 Å². The van der Waals surface area contributed by atoms with Crippen molar-refractivity contribution in [3.8, 4) is 0 Å². The monoisotopic (exact) mass is 319 g/mol. The van der Waals surface area contributed by atoms with E-state index in [0.29, 0.717) is 12.1 Å². The van der Waals surface area contributed by atoms with Crippen LogP contribution in [0.3, 0.4) is 0 Å². The van der Waals surface area contributed by atoms with Gasteiger partial charge >= 0.3 is 0 Å². The largest absolute Gasteiger partial charge is 0.354 e. The Bertz CT molecular complexity index is 478. The summed E-state index contributed by atoms with van der Waals surface area (Å²) < 4.78 is 0. The van der Waals surface area contributed by atoms with Crippen molar-refractivity contribution >= 4 is 11.7 Å². The third-order valence-corrected chi connectivity index (χ3v) is 4.45. The molecule has 1 fully saturated rings. The molecular weight excluding hydrogens is 290 g/mol. The number of hydrogen-bond donors (Lipinski definition) is 1. The number of pyridine rings is 1. The Balaban J connectivity index is 1.83. The zero-order valence-electron chi connectivity index (χ0n) is 14.6. The quantitative estimate of drug-likeness (QED) is 0.809.